The second kappa shape index (κ2) is 3.20. The number of nitrogens with zero attached hydrogens (tertiary/aromatic N) is 1. The standard InChI is InChI=1S/C9H7ClFNO2/c10-6-1-2-7(12-8(6)11)4-3-5(4)9(13)14/h1-2,4-5H,3H2,(H,13,14). The van der Waals surface area contributed by atoms with Crippen LogP contribution < -0.4 is 0 Å². The van der Waals surface area contributed by atoms with Gasteiger partial charge in [0, 0.05) is 11.6 Å². The number of hydrogen-bond acceptors (Lipinski definition) is 2. The number of rotatable bonds is 2. The second-order valence-corrected chi connectivity index (χ2v) is 3.70. The first-order chi connectivity index (χ1) is 6.59. The zero-order chi connectivity index (χ0) is 10.3. The van der Waals surface area contributed by atoms with Gasteiger partial charge in [-0.05, 0) is 18.6 Å². The van der Waals surface area contributed by atoms with E-state index in [2.05, 4.69) is 4.98 Å². The Morgan fingerprint density at radius 2 is 2.36 bits per heavy atom. The molecule has 1 aliphatic rings. The number of aliphatic carboxylic acids is 1. The van der Waals surface area contributed by atoms with Crippen LogP contribution in [0, 0.1) is 11.9 Å². The third-order valence-corrected chi connectivity index (χ3v) is 2.59. The van der Waals surface area contributed by atoms with Gasteiger partial charge in [-0.3, -0.25) is 4.79 Å². The Hall–Kier alpha value is -1.16. The van der Waals surface area contributed by atoms with Crippen LogP contribution in [0.2, 0.25) is 5.02 Å². The van der Waals surface area contributed by atoms with Gasteiger partial charge in [0.15, 0.2) is 0 Å². The fraction of sp³-hybridized carbons (Fsp3) is 0.333. The van der Waals surface area contributed by atoms with E-state index < -0.39 is 17.8 Å². The molecule has 1 saturated carbocycles. The van der Waals surface area contributed by atoms with Crippen molar-refractivity contribution in [2.45, 2.75) is 12.3 Å². The molecule has 1 fully saturated rings. The lowest BCUT2D eigenvalue weighted by Crippen LogP contribution is -2.00. The van der Waals surface area contributed by atoms with E-state index in [1.807, 2.05) is 0 Å². The summed E-state index contributed by atoms with van der Waals surface area (Å²) < 4.78 is 12.9. The predicted molar refractivity (Wildman–Crippen MR) is 47.7 cm³/mol. The maximum Gasteiger partial charge on any atom is 0.307 e. The third-order valence-electron chi connectivity index (χ3n) is 2.31. The highest BCUT2D eigenvalue weighted by atomic mass is 35.5. The van der Waals surface area contributed by atoms with Crippen LogP contribution in [-0.2, 0) is 4.79 Å². The molecule has 1 aliphatic carbocycles. The molecule has 0 aromatic carbocycles. The highest BCUT2D eigenvalue weighted by Gasteiger charge is 2.45. The minimum atomic E-state index is -0.854. The van der Waals surface area contributed by atoms with Gasteiger partial charge in [-0.15, -0.1) is 0 Å². The summed E-state index contributed by atoms with van der Waals surface area (Å²) in [5.74, 6) is -2.16. The third kappa shape index (κ3) is 1.57. The Morgan fingerprint density at radius 3 is 2.86 bits per heavy atom. The average molecular weight is 216 g/mol. The molecule has 0 saturated heterocycles. The summed E-state index contributed by atoms with van der Waals surface area (Å²) in [4.78, 5) is 14.2. The molecule has 74 valence electrons. The summed E-state index contributed by atoms with van der Waals surface area (Å²) in [5, 5.41) is 8.62. The molecule has 0 spiro atoms. The highest BCUT2D eigenvalue weighted by Crippen LogP contribution is 2.46. The Labute approximate surface area is 84.5 Å². The van der Waals surface area contributed by atoms with E-state index >= 15 is 0 Å². The molecule has 3 nitrogen and oxygen atoms in total. The molecule has 2 atom stereocenters. The normalized spacial score (nSPS) is 24.7. The summed E-state index contributed by atoms with van der Waals surface area (Å²) in [6.45, 7) is 0. The van der Waals surface area contributed by atoms with Crippen LogP contribution in [0.1, 0.15) is 18.0 Å². The number of halogens is 2. The fourth-order valence-electron chi connectivity index (χ4n) is 1.43. The fourth-order valence-corrected chi connectivity index (χ4v) is 1.54. The van der Waals surface area contributed by atoms with Crippen molar-refractivity contribution in [1.29, 1.82) is 0 Å². The number of pyridine rings is 1. The molecule has 0 amide bonds. The smallest absolute Gasteiger partial charge is 0.307 e. The molecule has 2 unspecified atom stereocenters. The van der Waals surface area contributed by atoms with Crippen molar-refractivity contribution in [2.75, 3.05) is 0 Å². The molecule has 1 aromatic rings. The molecular weight excluding hydrogens is 209 g/mol. The van der Waals surface area contributed by atoms with Crippen LogP contribution in [0.15, 0.2) is 12.1 Å². The van der Waals surface area contributed by atoms with E-state index in [4.69, 9.17) is 16.7 Å². The second-order valence-electron chi connectivity index (χ2n) is 3.30. The van der Waals surface area contributed by atoms with Crippen molar-refractivity contribution in [3.63, 3.8) is 0 Å². The van der Waals surface area contributed by atoms with Crippen LogP contribution in [0.4, 0.5) is 4.39 Å². The van der Waals surface area contributed by atoms with Crippen LogP contribution in [0.25, 0.3) is 0 Å². The van der Waals surface area contributed by atoms with Gasteiger partial charge >= 0.3 is 5.97 Å². The lowest BCUT2D eigenvalue weighted by Gasteiger charge is -1.98. The van der Waals surface area contributed by atoms with Gasteiger partial charge < -0.3 is 5.11 Å². The number of carboxylic acids is 1. The maximum absolute atomic E-state index is 12.9. The molecule has 1 heterocycles. The summed E-state index contributed by atoms with van der Waals surface area (Å²) in [7, 11) is 0. The molecule has 1 aromatic heterocycles. The van der Waals surface area contributed by atoms with Crippen LogP contribution in [-0.4, -0.2) is 16.1 Å². The maximum atomic E-state index is 12.9. The first-order valence-corrected chi connectivity index (χ1v) is 4.52. The van der Waals surface area contributed by atoms with Crippen molar-refractivity contribution < 1.29 is 14.3 Å². The molecule has 0 bridgehead atoms. The van der Waals surface area contributed by atoms with Gasteiger partial charge in [0.1, 0.15) is 0 Å². The van der Waals surface area contributed by atoms with Crippen LogP contribution in [0.5, 0.6) is 0 Å². The van der Waals surface area contributed by atoms with E-state index in [9.17, 15) is 9.18 Å². The Morgan fingerprint density at radius 1 is 1.64 bits per heavy atom. The molecule has 5 heteroatoms. The number of carboxylic acid groups (broad SMARTS) is 1. The average Bonchev–Trinajstić information content (AvgIpc) is 2.89. The lowest BCUT2D eigenvalue weighted by atomic mass is 10.2. The van der Waals surface area contributed by atoms with Crippen molar-refractivity contribution in [3.05, 3.63) is 28.8 Å². The van der Waals surface area contributed by atoms with E-state index in [-0.39, 0.29) is 10.9 Å². The topological polar surface area (TPSA) is 50.2 Å². The van der Waals surface area contributed by atoms with E-state index in [1.54, 1.807) is 6.07 Å². The highest BCUT2D eigenvalue weighted by molar-refractivity contribution is 6.30. The number of aromatic nitrogens is 1. The minimum absolute atomic E-state index is 0.0405. The van der Waals surface area contributed by atoms with Gasteiger partial charge in [-0.25, -0.2) is 4.98 Å². The largest absolute Gasteiger partial charge is 0.481 e. The monoisotopic (exact) mass is 215 g/mol. The van der Waals surface area contributed by atoms with Crippen LogP contribution >= 0.6 is 11.6 Å². The quantitative estimate of drug-likeness (QED) is 0.769. The van der Waals surface area contributed by atoms with Gasteiger partial charge in [0.25, 0.3) is 0 Å². The molecule has 0 radical (unpaired) electrons. The van der Waals surface area contributed by atoms with Gasteiger partial charge in [0.05, 0.1) is 10.9 Å². The molecular formula is C9H7ClFNO2. The zero-order valence-corrected chi connectivity index (χ0v) is 7.83. The van der Waals surface area contributed by atoms with Crippen molar-refractivity contribution in [2.24, 2.45) is 5.92 Å². The van der Waals surface area contributed by atoms with Gasteiger partial charge in [-0.1, -0.05) is 11.6 Å². The van der Waals surface area contributed by atoms with Gasteiger partial charge in [0.2, 0.25) is 5.95 Å². The lowest BCUT2D eigenvalue weighted by molar-refractivity contribution is -0.138. The molecule has 0 aliphatic heterocycles. The van der Waals surface area contributed by atoms with Gasteiger partial charge in [-0.2, -0.15) is 4.39 Å². The van der Waals surface area contributed by atoms with Crippen molar-refractivity contribution in [1.82, 2.24) is 4.98 Å². The summed E-state index contributed by atoms with van der Waals surface area (Å²) in [6, 6.07) is 2.97. The zero-order valence-electron chi connectivity index (χ0n) is 7.08. The van der Waals surface area contributed by atoms with Crippen molar-refractivity contribution >= 4 is 17.6 Å². The minimum Gasteiger partial charge on any atom is -0.481 e. The molecule has 14 heavy (non-hydrogen) atoms. The Bertz CT molecular complexity index is 396. The Balaban J connectivity index is 2.20. The first kappa shape index (κ1) is 9.40. The van der Waals surface area contributed by atoms with E-state index in [0.717, 1.165) is 0 Å². The number of hydrogen-bond donors (Lipinski definition) is 1. The first-order valence-electron chi connectivity index (χ1n) is 4.14. The van der Waals surface area contributed by atoms with Crippen LogP contribution in [0.3, 0.4) is 0 Å². The van der Waals surface area contributed by atoms with Crippen molar-refractivity contribution in [3.8, 4) is 0 Å². The Kier molecular flexibility index (Phi) is 2.15. The molecule has 2 rings (SSSR count). The van der Waals surface area contributed by atoms with E-state index in [0.29, 0.717) is 12.1 Å². The summed E-state index contributed by atoms with van der Waals surface area (Å²) in [5.41, 5.74) is 0.472. The predicted octanol–water partition coefficient (Wildman–Crippen LogP) is 2.06. The molecule has 1 N–H and O–H groups in total. The summed E-state index contributed by atoms with van der Waals surface area (Å²) in [6.07, 6.45) is 0.531. The summed E-state index contributed by atoms with van der Waals surface area (Å²) >= 11 is 5.45. The SMILES string of the molecule is O=C(O)C1CC1c1ccc(Cl)c(F)n1. The number of carbonyl (C=O) groups is 1. The van der Waals surface area contributed by atoms with E-state index in [1.165, 1.54) is 6.07 Å².